The molecule has 212 valence electrons. The fourth-order valence-electron chi connectivity index (χ4n) is 3.30. The maximum Gasteiger partial charge on any atom is 0.469 e. The number of aliphatic hydroxyl groups is 1. The number of ether oxygens (including phenoxy) is 1. The molecule has 2 aromatic carbocycles. The van der Waals surface area contributed by atoms with E-state index in [-0.39, 0.29) is 23.1 Å². The van der Waals surface area contributed by atoms with Crippen LogP contribution >= 0.6 is 42.4 Å². The minimum atomic E-state index is -4.85. The number of fused-ring (bicyclic) bond motifs is 1. The maximum atomic E-state index is 13.7. The summed E-state index contributed by atoms with van der Waals surface area (Å²) in [6.45, 7) is -1.28. The Morgan fingerprint density at radius 2 is 1.97 bits per heavy atom. The Morgan fingerprint density at radius 1 is 1.23 bits per heavy atom. The summed E-state index contributed by atoms with van der Waals surface area (Å²) in [5, 5.41) is 15.8. The number of rotatable bonds is 11. The lowest BCUT2D eigenvalue weighted by Gasteiger charge is -2.29. The summed E-state index contributed by atoms with van der Waals surface area (Å²) >= 11 is 13.0. The Kier molecular flexibility index (Phi) is 10.9. The number of urea groups is 1. The lowest BCUT2D eigenvalue weighted by molar-refractivity contribution is 0.0452. The predicted octanol–water partition coefficient (Wildman–Crippen LogP) is 4.36. The second-order valence-corrected chi connectivity index (χ2v) is 11.3. The molecule has 0 aliphatic rings. The summed E-state index contributed by atoms with van der Waals surface area (Å²) in [6.07, 6.45) is -2.61. The monoisotopic (exact) mass is 624 g/mol. The van der Waals surface area contributed by atoms with Crippen molar-refractivity contribution in [2.45, 2.75) is 25.1 Å². The molecule has 0 aliphatic carbocycles. The van der Waals surface area contributed by atoms with Gasteiger partial charge < -0.3 is 29.8 Å². The Balaban J connectivity index is 1.64. The van der Waals surface area contributed by atoms with Crippen molar-refractivity contribution in [2.75, 3.05) is 25.6 Å². The minimum Gasteiger partial charge on any atom is -0.447 e. The standard InChI is InChI=1S/C22H24Cl2FN4O8PS/c1-29(21(31)26-9-12-3-2-4-16(25)19(12)24)14(8-15(30)11-37-38(33,34)35)10-36-22(32)28-20-27-17-6-5-13(23)7-18(17)39-20/h2-7,14-15,30H,8-11H2,1H3,(H,26,31)(H,27,28,32)(H2,33,34,35)/t14-,15-/m0/s1. The third-order valence-corrected chi connectivity index (χ3v) is 7.35. The van der Waals surface area contributed by atoms with Gasteiger partial charge in [0.1, 0.15) is 12.4 Å². The average Bonchev–Trinajstić information content (AvgIpc) is 3.26. The molecule has 5 N–H and O–H groups in total. The molecule has 39 heavy (non-hydrogen) atoms. The number of aliphatic hydroxyl groups excluding tert-OH is 1. The number of anilines is 1. The minimum absolute atomic E-state index is 0.126. The molecule has 3 amide bonds. The molecule has 12 nitrogen and oxygen atoms in total. The van der Waals surface area contributed by atoms with E-state index in [1.165, 1.54) is 25.2 Å². The Morgan fingerprint density at radius 3 is 2.69 bits per heavy atom. The largest absolute Gasteiger partial charge is 0.469 e. The van der Waals surface area contributed by atoms with Crippen LogP contribution in [0.15, 0.2) is 36.4 Å². The Hall–Kier alpha value is -2.55. The van der Waals surface area contributed by atoms with Gasteiger partial charge in [0.15, 0.2) is 5.13 Å². The van der Waals surface area contributed by atoms with Crippen molar-refractivity contribution in [3.63, 3.8) is 0 Å². The average molecular weight is 625 g/mol. The van der Waals surface area contributed by atoms with E-state index in [0.29, 0.717) is 16.1 Å². The van der Waals surface area contributed by atoms with E-state index in [0.717, 1.165) is 20.9 Å². The summed E-state index contributed by atoms with van der Waals surface area (Å²) in [5.41, 5.74) is 0.929. The van der Waals surface area contributed by atoms with Crippen LogP contribution in [0, 0.1) is 5.82 Å². The molecule has 0 unspecified atom stereocenters. The second-order valence-electron chi connectivity index (χ2n) is 8.17. The number of likely N-dealkylation sites (N-methyl/N-ethyl adjacent to an activating group) is 1. The molecule has 0 spiro atoms. The topological polar surface area (TPSA) is 171 Å². The number of phosphoric acid groups is 1. The van der Waals surface area contributed by atoms with Crippen LogP contribution in [0.2, 0.25) is 10.0 Å². The molecule has 17 heteroatoms. The zero-order valence-electron chi connectivity index (χ0n) is 20.2. The smallest absolute Gasteiger partial charge is 0.447 e. The van der Waals surface area contributed by atoms with Gasteiger partial charge in [-0.3, -0.25) is 9.84 Å². The van der Waals surface area contributed by atoms with Crippen LogP contribution in [0.4, 0.5) is 19.1 Å². The van der Waals surface area contributed by atoms with Crippen LogP contribution in [0.5, 0.6) is 0 Å². The van der Waals surface area contributed by atoms with Gasteiger partial charge in [0.25, 0.3) is 0 Å². The van der Waals surface area contributed by atoms with Crippen LogP contribution in [0.3, 0.4) is 0 Å². The third-order valence-electron chi connectivity index (χ3n) is 5.28. The van der Waals surface area contributed by atoms with E-state index < -0.39 is 51.1 Å². The first-order chi connectivity index (χ1) is 18.3. The van der Waals surface area contributed by atoms with Gasteiger partial charge in [0.05, 0.1) is 34.0 Å². The van der Waals surface area contributed by atoms with Crippen molar-refractivity contribution in [1.29, 1.82) is 0 Å². The normalized spacial score (nSPS) is 13.1. The van der Waals surface area contributed by atoms with E-state index >= 15 is 0 Å². The lowest BCUT2D eigenvalue weighted by Crippen LogP contribution is -2.47. The summed E-state index contributed by atoms with van der Waals surface area (Å²) in [6, 6.07) is 7.50. The van der Waals surface area contributed by atoms with Crippen molar-refractivity contribution in [3.05, 3.63) is 57.8 Å². The van der Waals surface area contributed by atoms with Crippen molar-refractivity contribution >= 4 is 69.8 Å². The van der Waals surface area contributed by atoms with E-state index in [4.69, 9.17) is 37.7 Å². The zero-order chi connectivity index (χ0) is 28.7. The first kappa shape index (κ1) is 31.0. The number of benzene rings is 2. The van der Waals surface area contributed by atoms with E-state index in [9.17, 15) is 23.7 Å². The first-order valence-corrected chi connectivity index (χ1v) is 14.2. The van der Waals surface area contributed by atoms with Crippen molar-refractivity contribution in [3.8, 4) is 0 Å². The highest BCUT2D eigenvalue weighted by Gasteiger charge is 2.27. The van der Waals surface area contributed by atoms with Crippen LogP contribution in [-0.4, -0.2) is 69.3 Å². The van der Waals surface area contributed by atoms with Crippen LogP contribution < -0.4 is 10.6 Å². The first-order valence-electron chi connectivity index (χ1n) is 11.1. The van der Waals surface area contributed by atoms with Gasteiger partial charge >= 0.3 is 19.9 Å². The lowest BCUT2D eigenvalue weighted by atomic mass is 10.1. The molecule has 0 aliphatic heterocycles. The molecule has 2 atom stereocenters. The number of amides is 3. The van der Waals surface area contributed by atoms with Gasteiger partial charge in [0, 0.05) is 18.6 Å². The predicted molar refractivity (Wildman–Crippen MR) is 143 cm³/mol. The zero-order valence-corrected chi connectivity index (χ0v) is 23.4. The highest BCUT2D eigenvalue weighted by Crippen LogP contribution is 2.36. The number of phosphoric ester groups is 1. The number of thiazole rings is 1. The number of hydrogen-bond acceptors (Lipinski definition) is 8. The van der Waals surface area contributed by atoms with Gasteiger partial charge in [-0.1, -0.05) is 46.7 Å². The van der Waals surface area contributed by atoms with Gasteiger partial charge in [0.2, 0.25) is 0 Å². The highest BCUT2D eigenvalue weighted by molar-refractivity contribution is 7.46. The number of nitrogens with zero attached hydrogens (tertiary/aromatic N) is 2. The van der Waals surface area contributed by atoms with Gasteiger partial charge in [-0.05, 0) is 36.2 Å². The van der Waals surface area contributed by atoms with Crippen LogP contribution in [0.1, 0.15) is 12.0 Å². The summed E-state index contributed by atoms with van der Waals surface area (Å²) in [5.74, 6) is -0.654. The fraction of sp³-hybridized carbons (Fsp3) is 0.318. The van der Waals surface area contributed by atoms with Gasteiger partial charge in [-0.2, -0.15) is 0 Å². The third kappa shape index (κ3) is 9.55. The van der Waals surface area contributed by atoms with Crippen LogP contribution in [-0.2, 0) is 20.4 Å². The Labute approximate surface area is 235 Å². The molecule has 1 aromatic heterocycles. The highest BCUT2D eigenvalue weighted by atomic mass is 35.5. The number of aromatic nitrogens is 1. The van der Waals surface area contributed by atoms with E-state index in [2.05, 4.69) is 20.1 Å². The molecule has 1 heterocycles. The van der Waals surface area contributed by atoms with Gasteiger partial charge in [-0.15, -0.1) is 0 Å². The molecular weight excluding hydrogens is 601 g/mol. The number of carbonyl (C=O) groups is 2. The second kappa shape index (κ2) is 13.7. The van der Waals surface area contributed by atoms with Crippen molar-refractivity contribution in [1.82, 2.24) is 15.2 Å². The molecule has 0 fully saturated rings. The molecular formula is C22H24Cl2FN4O8PS. The molecule has 3 rings (SSSR count). The number of hydrogen-bond donors (Lipinski definition) is 5. The maximum absolute atomic E-state index is 13.7. The van der Waals surface area contributed by atoms with E-state index in [1.54, 1.807) is 18.2 Å². The van der Waals surface area contributed by atoms with Crippen LogP contribution in [0.25, 0.3) is 10.2 Å². The molecule has 0 bridgehead atoms. The summed E-state index contributed by atoms with van der Waals surface area (Å²) < 4.78 is 34.9. The Bertz CT molecular complexity index is 1380. The molecule has 0 saturated carbocycles. The number of carbonyl (C=O) groups excluding carboxylic acids is 2. The molecule has 0 saturated heterocycles. The SMILES string of the molecule is CN(C(=O)NCc1cccc(F)c1Cl)[C@H](COC(=O)Nc1nc2ccc(Cl)cc2s1)C[C@H](O)COP(=O)(O)O. The van der Waals surface area contributed by atoms with Gasteiger partial charge in [-0.25, -0.2) is 23.5 Å². The van der Waals surface area contributed by atoms with E-state index in [1.807, 2.05) is 0 Å². The molecule has 0 radical (unpaired) electrons. The number of halogens is 3. The summed E-state index contributed by atoms with van der Waals surface area (Å²) in [4.78, 5) is 48.3. The summed E-state index contributed by atoms with van der Waals surface area (Å²) in [7, 11) is -3.50. The van der Waals surface area contributed by atoms with Crippen molar-refractivity contribution < 1.29 is 42.7 Å². The van der Waals surface area contributed by atoms with Crippen molar-refractivity contribution in [2.24, 2.45) is 0 Å². The number of nitrogens with one attached hydrogen (secondary N) is 2. The fourth-order valence-corrected chi connectivity index (χ4v) is 4.98. The molecule has 3 aromatic rings. The quantitative estimate of drug-likeness (QED) is 0.194.